The molecule has 0 saturated heterocycles. The second kappa shape index (κ2) is 10.6. The normalized spacial score (nSPS) is 11.9. The Morgan fingerprint density at radius 3 is 1.28 bits per heavy atom. The maximum Gasteiger partial charge on any atom is 0.119 e. The molecule has 2 rings (SSSR count). The molecule has 2 aromatic rings. The molecule has 0 amide bonds. The Morgan fingerprint density at radius 1 is 0.517 bits per heavy atom. The fourth-order valence-corrected chi connectivity index (χ4v) is 12.6. The molecule has 0 aliphatic carbocycles. The van der Waals surface area contributed by atoms with Crippen LogP contribution in [0.25, 0.3) is 0 Å². The molecule has 0 radical (unpaired) electrons. The van der Waals surface area contributed by atoms with Gasteiger partial charge in [-0.2, -0.15) is 0 Å². The molecule has 29 heavy (non-hydrogen) atoms. The van der Waals surface area contributed by atoms with Gasteiger partial charge in [0.2, 0.25) is 0 Å². The molecule has 0 aliphatic rings. The molecular formula is C28H44Si. The van der Waals surface area contributed by atoms with Gasteiger partial charge in [-0.1, -0.05) is 110 Å². The summed E-state index contributed by atoms with van der Waals surface area (Å²) < 4.78 is 0. The van der Waals surface area contributed by atoms with Crippen LogP contribution in [0, 0.1) is 41.5 Å². The van der Waals surface area contributed by atoms with Crippen LogP contribution >= 0.6 is 0 Å². The van der Waals surface area contributed by atoms with Gasteiger partial charge in [0, 0.05) is 0 Å². The summed E-state index contributed by atoms with van der Waals surface area (Å²) in [5.41, 5.74) is 8.98. The third-order valence-electron chi connectivity index (χ3n) is 6.73. The number of hydrogen-bond donors (Lipinski definition) is 0. The van der Waals surface area contributed by atoms with Crippen molar-refractivity contribution in [1.82, 2.24) is 0 Å². The molecule has 0 nitrogen and oxygen atoms in total. The lowest BCUT2D eigenvalue weighted by atomic mass is 10.1. The highest BCUT2D eigenvalue weighted by Crippen LogP contribution is 2.29. The first-order chi connectivity index (χ1) is 13.8. The molecule has 0 aliphatic heterocycles. The summed E-state index contributed by atoms with van der Waals surface area (Å²) in [7, 11) is -1.84. The van der Waals surface area contributed by atoms with Crippen LogP contribution < -0.4 is 10.4 Å². The first-order valence-electron chi connectivity index (χ1n) is 11.9. The highest BCUT2D eigenvalue weighted by Gasteiger charge is 2.40. The minimum absolute atomic E-state index is 1.29. The Labute approximate surface area is 182 Å². The van der Waals surface area contributed by atoms with Gasteiger partial charge in [0.25, 0.3) is 0 Å². The van der Waals surface area contributed by atoms with E-state index >= 15 is 0 Å². The Bertz CT molecular complexity index is 712. The standard InChI is InChI=1S/C28H44Si/c1-9-11-13-14-16-29(15-12-10-2,27-23(5)17-21(3)18-24(27)6)28-25(7)19-22(4)20-26(28)8/h17-20H,9-16H2,1-8H3. The highest BCUT2D eigenvalue weighted by atomic mass is 28.3. The van der Waals surface area contributed by atoms with E-state index in [1.807, 2.05) is 0 Å². The largest absolute Gasteiger partial charge is 0.119 e. The van der Waals surface area contributed by atoms with Crippen molar-refractivity contribution in [1.29, 1.82) is 0 Å². The number of unbranched alkanes of at least 4 members (excludes halogenated alkanes) is 4. The van der Waals surface area contributed by atoms with E-state index < -0.39 is 8.07 Å². The molecular weight excluding hydrogens is 364 g/mol. The van der Waals surface area contributed by atoms with E-state index in [9.17, 15) is 0 Å². The van der Waals surface area contributed by atoms with Crippen molar-refractivity contribution in [2.75, 3.05) is 0 Å². The topological polar surface area (TPSA) is 0 Å². The summed E-state index contributed by atoms with van der Waals surface area (Å²) in [6.07, 6.45) is 8.08. The number of rotatable bonds is 10. The van der Waals surface area contributed by atoms with Crippen molar-refractivity contribution in [3.8, 4) is 0 Å². The molecule has 160 valence electrons. The lowest BCUT2D eigenvalue weighted by molar-refractivity contribution is 0.695. The Balaban J connectivity index is 2.77. The summed E-state index contributed by atoms with van der Waals surface area (Å²) in [5, 5.41) is 3.51. The minimum atomic E-state index is -1.84. The van der Waals surface area contributed by atoms with Gasteiger partial charge in [-0.3, -0.25) is 0 Å². The Kier molecular flexibility index (Phi) is 8.76. The van der Waals surface area contributed by atoms with Crippen LogP contribution in [0.15, 0.2) is 24.3 Å². The van der Waals surface area contributed by atoms with Crippen LogP contribution in [0.4, 0.5) is 0 Å². The summed E-state index contributed by atoms with van der Waals surface area (Å²) in [6, 6.07) is 12.6. The first-order valence-corrected chi connectivity index (χ1v) is 14.3. The van der Waals surface area contributed by atoms with Gasteiger partial charge in [0.1, 0.15) is 8.07 Å². The lowest BCUT2D eigenvalue weighted by Gasteiger charge is -2.38. The predicted octanol–water partition coefficient (Wildman–Crippen LogP) is 7.48. The molecule has 0 atom stereocenters. The lowest BCUT2D eigenvalue weighted by Crippen LogP contribution is -2.61. The van der Waals surface area contributed by atoms with E-state index in [1.54, 1.807) is 32.6 Å². The minimum Gasteiger partial charge on any atom is -0.0654 e. The van der Waals surface area contributed by atoms with E-state index in [0.29, 0.717) is 0 Å². The smallest absolute Gasteiger partial charge is 0.0654 e. The van der Waals surface area contributed by atoms with E-state index in [-0.39, 0.29) is 0 Å². The van der Waals surface area contributed by atoms with Gasteiger partial charge in [-0.05, 0) is 64.0 Å². The monoisotopic (exact) mass is 408 g/mol. The average Bonchev–Trinajstić information content (AvgIpc) is 2.61. The number of benzene rings is 2. The van der Waals surface area contributed by atoms with Crippen molar-refractivity contribution in [3.63, 3.8) is 0 Å². The van der Waals surface area contributed by atoms with Crippen molar-refractivity contribution in [3.05, 3.63) is 57.6 Å². The zero-order valence-electron chi connectivity index (χ0n) is 20.5. The highest BCUT2D eigenvalue weighted by molar-refractivity contribution is 7.03. The molecule has 2 aromatic carbocycles. The van der Waals surface area contributed by atoms with E-state index in [2.05, 4.69) is 79.7 Å². The summed E-state index contributed by atoms with van der Waals surface area (Å²) in [6.45, 7) is 18.7. The molecule has 0 aromatic heterocycles. The van der Waals surface area contributed by atoms with Crippen molar-refractivity contribution >= 4 is 18.4 Å². The van der Waals surface area contributed by atoms with Crippen LogP contribution in [-0.2, 0) is 0 Å². The average molecular weight is 409 g/mol. The van der Waals surface area contributed by atoms with Crippen molar-refractivity contribution < 1.29 is 0 Å². The fraction of sp³-hybridized carbons (Fsp3) is 0.571. The quantitative estimate of drug-likeness (QED) is 0.282. The Hall–Kier alpha value is -1.34. The zero-order chi connectivity index (χ0) is 21.6. The van der Waals surface area contributed by atoms with Gasteiger partial charge in [-0.25, -0.2) is 0 Å². The maximum atomic E-state index is 2.45. The van der Waals surface area contributed by atoms with E-state index in [1.165, 1.54) is 61.7 Å². The van der Waals surface area contributed by atoms with Crippen LogP contribution in [-0.4, -0.2) is 8.07 Å². The molecule has 1 heteroatoms. The summed E-state index contributed by atoms with van der Waals surface area (Å²) >= 11 is 0. The van der Waals surface area contributed by atoms with Gasteiger partial charge in [0.15, 0.2) is 0 Å². The van der Waals surface area contributed by atoms with Gasteiger partial charge in [0.05, 0.1) is 0 Å². The molecule has 0 N–H and O–H groups in total. The van der Waals surface area contributed by atoms with Crippen molar-refractivity contribution in [2.24, 2.45) is 0 Å². The van der Waals surface area contributed by atoms with E-state index in [0.717, 1.165) is 0 Å². The van der Waals surface area contributed by atoms with Crippen LogP contribution in [0.5, 0.6) is 0 Å². The third kappa shape index (κ3) is 5.42. The summed E-state index contributed by atoms with van der Waals surface area (Å²) in [4.78, 5) is 0. The van der Waals surface area contributed by atoms with Gasteiger partial charge >= 0.3 is 0 Å². The maximum absolute atomic E-state index is 2.45. The molecule has 0 unspecified atom stereocenters. The number of hydrogen-bond acceptors (Lipinski definition) is 0. The molecule has 0 fully saturated rings. The Morgan fingerprint density at radius 2 is 0.897 bits per heavy atom. The molecule has 0 heterocycles. The second-order valence-corrected chi connectivity index (χ2v) is 13.7. The van der Waals surface area contributed by atoms with Gasteiger partial charge in [-0.15, -0.1) is 0 Å². The second-order valence-electron chi connectivity index (χ2n) is 9.54. The SMILES string of the molecule is CCCCCC[Si](CCCC)(c1c(C)cc(C)cc1C)c1c(C)cc(C)cc1C. The van der Waals surface area contributed by atoms with Crippen LogP contribution in [0.2, 0.25) is 12.1 Å². The third-order valence-corrected chi connectivity index (χ3v) is 12.6. The zero-order valence-corrected chi connectivity index (χ0v) is 21.5. The summed E-state index contributed by atoms with van der Waals surface area (Å²) in [5.74, 6) is 0. The van der Waals surface area contributed by atoms with Crippen molar-refractivity contribution in [2.45, 2.75) is 106 Å². The van der Waals surface area contributed by atoms with E-state index in [4.69, 9.17) is 0 Å². The fourth-order valence-electron chi connectivity index (χ4n) is 5.95. The van der Waals surface area contributed by atoms with Crippen LogP contribution in [0.1, 0.15) is 85.8 Å². The molecule has 0 saturated carbocycles. The van der Waals surface area contributed by atoms with Gasteiger partial charge < -0.3 is 0 Å². The first kappa shape index (κ1) is 23.9. The number of aryl methyl sites for hydroxylation is 6. The molecule has 0 spiro atoms. The van der Waals surface area contributed by atoms with Crippen LogP contribution in [0.3, 0.4) is 0 Å². The molecule has 0 bridgehead atoms. The predicted molar refractivity (Wildman–Crippen MR) is 135 cm³/mol.